The third-order valence-corrected chi connectivity index (χ3v) is 5.26. The van der Waals surface area contributed by atoms with Crippen LogP contribution in [0.5, 0.6) is 5.75 Å². The van der Waals surface area contributed by atoms with Gasteiger partial charge in [-0.25, -0.2) is 0 Å². The molecule has 0 saturated heterocycles. The van der Waals surface area contributed by atoms with E-state index in [-0.39, 0.29) is 18.0 Å². The van der Waals surface area contributed by atoms with Gasteiger partial charge >= 0.3 is 5.69 Å². The first-order valence-electron chi connectivity index (χ1n) is 8.88. The van der Waals surface area contributed by atoms with Crippen molar-refractivity contribution in [3.8, 4) is 16.3 Å². The normalized spacial score (nSPS) is 10.9. The molecule has 152 valence electrons. The Labute approximate surface area is 174 Å². The van der Waals surface area contributed by atoms with Gasteiger partial charge in [0.15, 0.2) is 18.2 Å². The third-order valence-electron chi connectivity index (χ3n) is 4.31. The molecule has 0 spiro atoms. The number of aryl methyl sites for hydroxylation is 2. The summed E-state index contributed by atoms with van der Waals surface area (Å²) in [4.78, 5) is 23.4. The van der Waals surface area contributed by atoms with E-state index in [0.717, 1.165) is 16.1 Å². The molecule has 0 aliphatic rings. The fourth-order valence-electron chi connectivity index (χ4n) is 2.83. The van der Waals surface area contributed by atoms with Gasteiger partial charge in [0.1, 0.15) is 5.01 Å². The maximum Gasteiger partial charge on any atom is 0.310 e. The molecule has 2 heterocycles. The number of hydrogen-bond donors (Lipinski definition) is 1. The molecule has 0 radical (unpaired) electrons. The zero-order chi connectivity index (χ0) is 21.3. The number of para-hydroxylation sites is 2. The van der Waals surface area contributed by atoms with E-state index < -0.39 is 10.8 Å². The topological polar surface area (TPSA) is 125 Å². The quantitative estimate of drug-likeness (QED) is 0.371. The Balaban J connectivity index is 1.44. The van der Waals surface area contributed by atoms with E-state index in [0.29, 0.717) is 16.5 Å². The number of amides is 1. The number of rotatable bonds is 6. The highest BCUT2D eigenvalue weighted by molar-refractivity contribution is 7.19. The van der Waals surface area contributed by atoms with Crippen LogP contribution in [0.3, 0.4) is 0 Å². The smallest absolute Gasteiger partial charge is 0.310 e. The lowest BCUT2D eigenvalue weighted by Gasteiger charge is -2.10. The van der Waals surface area contributed by atoms with E-state index in [1.165, 1.54) is 29.5 Å². The number of carbonyl (C=O) groups excluding carboxylic acids is 1. The summed E-state index contributed by atoms with van der Waals surface area (Å²) in [7, 11) is 0. The molecule has 2 aromatic carbocycles. The second kappa shape index (κ2) is 7.87. The standard InChI is InChI=1S/C19H16N6O4S/c1-11-9-13(18-23-24-12(2)21-22-19(24)30-18)7-8-14(11)20-17(26)10-29-16-6-4-3-5-15(16)25(27)28/h3-9H,10H2,1-2H3,(H,20,26). The van der Waals surface area contributed by atoms with Crippen LogP contribution in [-0.4, -0.2) is 37.2 Å². The Bertz CT molecular complexity index is 1270. The number of nitro groups is 1. The van der Waals surface area contributed by atoms with Crippen molar-refractivity contribution in [2.24, 2.45) is 0 Å². The van der Waals surface area contributed by atoms with E-state index in [4.69, 9.17) is 4.74 Å². The highest BCUT2D eigenvalue weighted by atomic mass is 32.1. The Morgan fingerprint density at radius 1 is 1.23 bits per heavy atom. The second-order valence-corrected chi connectivity index (χ2v) is 7.40. The number of carbonyl (C=O) groups is 1. The van der Waals surface area contributed by atoms with Gasteiger partial charge in [0.2, 0.25) is 4.96 Å². The summed E-state index contributed by atoms with van der Waals surface area (Å²) in [5, 5.41) is 27.1. The number of benzene rings is 2. The van der Waals surface area contributed by atoms with Crippen LogP contribution < -0.4 is 10.1 Å². The number of nitrogens with one attached hydrogen (secondary N) is 1. The largest absolute Gasteiger partial charge is 0.477 e. The predicted molar refractivity (Wildman–Crippen MR) is 111 cm³/mol. The van der Waals surface area contributed by atoms with Gasteiger partial charge in [0.25, 0.3) is 5.91 Å². The molecule has 10 nitrogen and oxygen atoms in total. The molecule has 0 bridgehead atoms. The van der Waals surface area contributed by atoms with Crippen LogP contribution in [0, 0.1) is 24.0 Å². The Hall–Kier alpha value is -3.86. The summed E-state index contributed by atoms with van der Waals surface area (Å²) in [6, 6.07) is 11.5. The molecule has 0 fully saturated rings. The first-order valence-corrected chi connectivity index (χ1v) is 9.70. The van der Waals surface area contributed by atoms with Crippen molar-refractivity contribution in [3.05, 3.63) is 64.0 Å². The molecule has 1 N–H and O–H groups in total. The van der Waals surface area contributed by atoms with Crippen LogP contribution in [0.2, 0.25) is 0 Å². The first kappa shape index (κ1) is 19.5. The minimum Gasteiger partial charge on any atom is -0.477 e. The Kier molecular flexibility index (Phi) is 5.11. The summed E-state index contributed by atoms with van der Waals surface area (Å²) in [6.45, 7) is 3.36. The number of fused-ring (bicyclic) bond motifs is 1. The monoisotopic (exact) mass is 424 g/mol. The number of nitrogens with zero attached hydrogens (tertiary/aromatic N) is 5. The summed E-state index contributed by atoms with van der Waals surface area (Å²) >= 11 is 1.42. The molecule has 2 aromatic heterocycles. The molecular weight excluding hydrogens is 408 g/mol. The van der Waals surface area contributed by atoms with Gasteiger partial charge in [-0.1, -0.05) is 23.5 Å². The van der Waals surface area contributed by atoms with Gasteiger partial charge in [-0.3, -0.25) is 14.9 Å². The molecule has 4 aromatic rings. The lowest BCUT2D eigenvalue weighted by atomic mass is 10.1. The fraction of sp³-hybridized carbons (Fsp3) is 0.158. The van der Waals surface area contributed by atoms with E-state index in [9.17, 15) is 14.9 Å². The van der Waals surface area contributed by atoms with Crippen molar-refractivity contribution in [1.29, 1.82) is 0 Å². The number of anilines is 1. The van der Waals surface area contributed by atoms with Gasteiger partial charge in [-0.05, 0) is 43.7 Å². The molecule has 0 unspecified atom stereocenters. The predicted octanol–water partition coefficient (Wildman–Crippen LogP) is 3.40. The number of ether oxygens (including phenoxy) is 1. The summed E-state index contributed by atoms with van der Waals surface area (Å²) in [5.74, 6) is 0.341. The van der Waals surface area contributed by atoms with Gasteiger partial charge in [0, 0.05) is 17.3 Å². The van der Waals surface area contributed by atoms with E-state index in [1.54, 1.807) is 16.6 Å². The average Bonchev–Trinajstić information content (AvgIpc) is 3.30. The highest BCUT2D eigenvalue weighted by Crippen LogP contribution is 2.29. The van der Waals surface area contributed by atoms with Crippen LogP contribution in [0.25, 0.3) is 15.5 Å². The number of nitro benzene ring substituents is 1. The third kappa shape index (κ3) is 3.82. The highest BCUT2D eigenvalue weighted by Gasteiger charge is 2.16. The van der Waals surface area contributed by atoms with Crippen LogP contribution in [0.1, 0.15) is 11.4 Å². The Morgan fingerprint density at radius 2 is 2.03 bits per heavy atom. The van der Waals surface area contributed by atoms with Crippen LogP contribution >= 0.6 is 11.3 Å². The first-order chi connectivity index (χ1) is 14.4. The van der Waals surface area contributed by atoms with Crippen molar-refractivity contribution < 1.29 is 14.5 Å². The van der Waals surface area contributed by atoms with Gasteiger partial charge in [-0.2, -0.15) is 9.61 Å². The lowest BCUT2D eigenvalue weighted by Crippen LogP contribution is -2.21. The zero-order valence-electron chi connectivity index (χ0n) is 16.0. The van der Waals surface area contributed by atoms with E-state index >= 15 is 0 Å². The maximum atomic E-state index is 12.3. The molecule has 0 atom stereocenters. The Morgan fingerprint density at radius 3 is 2.77 bits per heavy atom. The molecular formula is C19H16N6O4S. The van der Waals surface area contributed by atoms with Gasteiger partial charge in [0.05, 0.1) is 4.92 Å². The summed E-state index contributed by atoms with van der Waals surface area (Å²) in [6.07, 6.45) is 0. The van der Waals surface area contributed by atoms with Crippen molar-refractivity contribution in [3.63, 3.8) is 0 Å². The number of hydrogen-bond acceptors (Lipinski definition) is 8. The average molecular weight is 424 g/mol. The van der Waals surface area contributed by atoms with E-state index in [2.05, 4.69) is 20.6 Å². The minimum absolute atomic E-state index is 0.0447. The van der Waals surface area contributed by atoms with Crippen molar-refractivity contribution >= 4 is 33.6 Å². The SMILES string of the molecule is Cc1cc(-c2nn3c(C)nnc3s2)ccc1NC(=O)COc1ccccc1[N+](=O)[O-]. The molecule has 0 saturated carbocycles. The molecule has 4 rings (SSSR count). The minimum atomic E-state index is -0.552. The summed E-state index contributed by atoms with van der Waals surface area (Å²) in [5.41, 5.74) is 2.17. The van der Waals surface area contributed by atoms with E-state index in [1.807, 2.05) is 26.0 Å². The molecule has 30 heavy (non-hydrogen) atoms. The van der Waals surface area contributed by atoms with Crippen molar-refractivity contribution in [1.82, 2.24) is 19.8 Å². The molecule has 0 aliphatic heterocycles. The molecule has 0 aliphatic carbocycles. The number of aromatic nitrogens is 4. The summed E-state index contributed by atoms with van der Waals surface area (Å²) < 4.78 is 7.01. The van der Waals surface area contributed by atoms with Gasteiger partial charge in [-0.15, -0.1) is 10.2 Å². The van der Waals surface area contributed by atoms with Crippen molar-refractivity contribution in [2.75, 3.05) is 11.9 Å². The zero-order valence-corrected chi connectivity index (χ0v) is 16.8. The lowest BCUT2D eigenvalue weighted by molar-refractivity contribution is -0.385. The van der Waals surface area contributed by atoms with Crippen LogP contribution in [0.4, 0.5) is 11.4 Å². The second-order valence-electron chi connectivity index (χ2n) is 6.44. The van der Waals surface area contributed by atoms with Crippen LogP contribution in [0.15, 0.2) is 42.5 Å². The van der Waals surface area contributed by atoms with Crippen molar-refractivity contribution in [2.45, 2.75) is 13.8 Å². The van der Waals surface area contributed by atoms with Crippen LogP contribution in [-0.2, 0) is 4.79 Å². The molecule has 1 amide bonds. The molecule has 11 heteroatoms. The van der Waals surface area contributed by atoms with Gasteiger partial charge < -0.3 is 10.1 Å². The fourth-order valence-corrected chi connectivity index (χ4v) is 3.71. The maximum absolute atomic E-state index is 12.3.